The topological polar surface area (TPSA) is 123 Å². The highest BCUT2D eigenvalue weighted by atomic mass is 32.2. The van der Waals surface area contributed by atoms with Gasteiger partial charge in [-0.25, -0.2) is 17.8 Å². The van der Waals surface area contributed by atoms with Gasteiger partial charge in [0.2, 0.25) is 15.9 Å². The number of aromatic nitrogens is 2. The van der Waals surface area contributed by atoms with Crippen LogP contribution in [0.5, 0.6) is 0 Å². The Bertz CT molecular complexity index is 1140. The molecule has 2 N–H and O–H groups in total. The Balaban J connectivity index is 1.64. The fourth-order valence-electron chi connectivity index (χ4n) is 2.50. The number of hydrogen-bond donors (Lipinski definition) is 2. The lowest BCUT2D eigenvalue weighted by Gasteiger charge is -2.09. The highest BCUT2D eigenvalue weighted by molar-refractivity contribution is 7.89. The minimum atomic E-state index is -3.77. The molecule has 152 valence electrons. The third-order valence-corrected chi connectivity index (χ3v) is 5.50. The van der Waals surface area contributed by atoms with E-state index in [1.807, 2.05) is 0 Å². The fraction of sp³-hybridized carbons (Fsp3) is 0.211. The number of benzene rings is 1. The highest BCUT2D eigenvalue weighted by Crippen LogP contribution is 2.15. The first kappa shape index (κ1) is 20.5. The maximum absolute atomic E-state index is 12.4. The van der Waals surface area contributed by atoms with Gasteiger partial charge in [0.05, 0.1) is 17.7 Å². The van der Waals surface area contributed by atoms with Crippen molar-refractivity contribution in [1.29, 1.82) is 0 Å². The van der Waals surface area contributed by atoms with E-state index in [2.05, 4.69) is 15.1 Å². The zero-order chi connectivity index (χ0) is 20.9. The standard InChI is InChI=1S/C19H20N4O5S/c1-2-18(24)21-14-5-7-15(8-6-14)29(26,27)20-11-12-23-19(25)10-9-16(22-23)17-4-3-13-28-17/h3-10,13,20H,2,11-12H2,1H3,(H,21,24). The van der Waals surface area contributed by atoms with E-state index in [-0.39, 0.29) is 29.5 Å². The van der Waals surface area contributed by atoms with Crippen LogP contribution in [-0.2, 0) is 21.4 Å². The highest BCUT2D eigenvalue weighted by Gasteiger charge is 2.14. The van der Waals surface area contributed by atoms with E-state index in [9.17, 15) is 18.0 Å². The summed E-state index contributed by atoms with van der Waals surface area (Å²) in [6.07, 6.45) is 1.83. The van der Waals surface area contributed by atoms with Crippen molar-refractivity contribution in [1.82, 2.24) is 14.5 Å². The summed E-state index contributed by atoms with van der Waals surface area (Å²) in [6, 6.07) is 12.1. The average molecular weight is 416 g/mol. The van der Waals surface area contributed by atoms with Gasteiger partial charge in [-0.3, -0.25) is 9.59 Å². The zero-order valence-corrected chi connectivity index (χ0v) is 16.5. The van der Waals surface area contributed by atoms with E-state index < -0.39 is 10.0 Å². The van der Waals surface area contributed by atoms with Gasteiger partial charge < -0.3 is 9.73 Å². The van der Waals surface area contributed by atoms with Gasteiger partial charge in [0.25, 0.3) is 5.56 Å². The van der Waals surface area contributed by atoms with Crippen LogP contribution in [0.1, 0.15) is 13.3 Å². The molecular formula is C19H20N4O5S. The molecule has 0 aliphatic rings. The summed E-state index contributed by atoms with van der Waals surface area (Å²) < 4.78 is 33.7. The van der Waals surface area contributed by atoms with Crippen LogP contribution in [0, 0.1) is 0 Å². The lowest BCUT2D eigenvalue weighted by atomic mass is 10.3. The number of carbonyl (C=O) groups is 1. The lowest BCUT2D eigenvalue weighted by Crippen LogP contribution is -2.32. The SMILES string of the molecule is CCC(=O)Nc1ccc(S(=O)(=O)NCCn2nc(-c3ccco3)ccc2=O)cc1. The Kier molecular flexibility index (Phi) is 6.25. The van der Waals surface area contributed by atoms with Crippen LogP contribution < -0.4 is 15.6 Å². The van der Waals surface area contributed by atoms with Crippen molar-refractivity contribution in [3.8, 4) is 11.5 Å². The molecule has 0 saturated heterocycles. The van der Waals surface area contributed by atoms with Gasteiger partial charge >= 0.3 is 0 Å². The minimum absolute atomic E-state index is 0.0226. The van der Waals surface area contributed by atoms with Crippen LogP contribution in [-0.4, -0.2) is 30.7 Å². The van der Waals surface area contributed by atoms with Crippen LogP contribution in [0.3, 0.4) is 0 Å². The first-order chi connectivity index (χ1) is 13.9. The first-order valence-corrected chi connectivity index (χ1v) is 10.4. The Labute approximate surface area is 167 Å². The summed E-state index contributed by atoms with van der Waals surface area (Å²) >= 11 is 0. The van der Waals surface area contributed by atoms with Gasteiger partial charge in [0, 0.05) is 24.7 Å². The van der Waals surface area contributed by atoms with Crippen LogP contribution in [0.4, 0.5) is 5.69 Å². The van der Waals surface area contributed by atoms with Crippen LogP contribution in [0.2, 0.25) is 0 Å². The zero-order valence-electron chi connectivity index (χ0n) is 15.7. The number of carbonyl (C=O) groups excluding carboxylic acids is 1. The van der Waals surface area contributed by atoms with E-state index in [4.69, 9.17) is 4.42 Å². The van der Waals surface area contributed by atoms with E-state index in [0.717, 1.165) is 0 Å². The second-order valence-electron chi connectivity index (χ2n) is 6.08. The quantitative estimate of drug-likeness (QED) is 0.577. The largest absolute Gasteiger partial charge is 0.463 e. The molecule has 2 aromatic heterocycles. The monoisotopic (exact) mass is 416 g/mol. The molecule has 3 aromatic rings. The number of furan rings is 1. The number of anilines is 1. The lowest BCUT2D eigenvalue weighted by molar-refractivity contribution is -0.115. The Morgan fingerprint density at radius 2 is 1.90 bits per heavy atom. The number of sulfonamides is 1. The van der Waals surface area contributed by atoms with Crippen LogP contribution in [0.25, 0.3) is 11.5 Å². The van der Waals surface area contributed by atoms with Gasteiger partial charge in [-0.1, -0.05) is 6.92 Å². The third kappa shape index (κ3) is 5.18. The molecule has 0 bridgehead atoms. The molecule has 10 heteroatoms. The van der Waals surface area contributed by atoms with Crippen molar-refractivity contribution in [2.24, 2.45) is 0 Å². The smallest absolute Gasteiger partial charge is 0.266 e. The molecule has 2 heterocycles. The van der Waals surface area contributed by atoms with Gasteiger partial charge in [0.1, 0.15) is 5.69 Å². The molecule has 9 nitrogen and oxygen atoms in total. The molecule has 0 fully saturated rings. The van der Waals surface area contributed by atoms with E-state index in [1.54, 1.807) is 25.1 Å². The number of amides is 1. The summed E-state index contributed by atoms with van der Waals surface area (Å²) in [5, 5.41) is 6.84. The molecule has 0 aliphatic heterocycles. The maximum atomic E-state index is 12.4. The summed E-state index contributed by atoms with van der Waals surface area (Å²) in [6.45, 7) is 1.75. The maximum Gasteiger partial charge on any atom is 0.266 e. The summed E-state index contributed by atoms with van der Waals surface area (Å²) in [4.78, 5) is 23.4. The minimum Gasteiger partial charge on any atom is -0.463 e. The van der Waals surface area contributed by atoms with Crippen molar-refractivity contribution >= 4 is 21.6 Å². The molecule has 0 unspecified atom stereocenters. The van der Waals surface area contributed by atoms with Crippen LogP contribution in [0.15, 0.2) is 68.9 Å². The number of nitrogens with one attached hydrogen (secondary N) is 2. The van der Waals surface area contributed by atoms with Crippen molar-refractivity contribution in [2.75, 3.05) is 11.9 Å². The second kappa shape index (κ2) is 8.84. The molecule has 0 aliphatic carbocycles. The van der Waals surface area contributed by atoms with E-state index in [1.165, 1.54) is 41.3 Å². The summed E-state index contributed by atoms with van der Waals surface area (Å²) in [5.74, 6) is 0.350. The van der Waals surface area contributed by atoms with Crippen molar-refractivity contribution in [3.05, 3.63) is 65.1 Å². The summed E-state index contributed by atoms with van der Waals surface area (Å²) in [7, 11) is -3.77. The fourth-order valence-corrected chi connectivity index (χ4v) is 3.52. The van der Waals surface area contributed by atoms with Gasteiger partial charge in [0.15, 0.2) is 5.76 Å². The number of rotatable bonds is 8. The number of hydrogen-bond acceptors (Lipinski definition) is 6. The molecule has 1 amide bonds. The normalized spacial score (nSPS) is 11.3. The third-order valence-electron chi connectivity index (χ3n) is 4.03. The van der Waals surface area contributed by atoms with E-state index >= 15 is 0 Å². The predicted octanol–water partition coefficient (Wildman–Crippen LogP) is 1.83. The molecular weight excluding hydrogens is 396 g/mol. The van der Waals surface area contributed by atoms with Crippen molar-refractivity contribution in [3.63, 3.8) is 0 Å². The van der Waals surface area contributed by atoms with Gasteiger partial charge in [-0.15, -0.1) is 0 Å². The molecule has 0 radical (unpaired) electrons. The van der Waals surface area contributed by atoms with Gasteiger partial charge in [-0.05, 0) is 42.5 Å². The molecule has 0 spiro atoms. The van der Waals surface area contributed by atoms with E-state index in [0.29, 0.717) is 23.6 Å². The molecule has 3 rings (SSSR count). The molecule has 0 atom stereocenters. The van der Waals surface area contributed by atoms with Gasteiger partial charge in [-0.2, -0.15) is 5.10 Å². The molecule has 0 saturated carbocycles. The molecule has 29 heavy (non-hydrogen) atoms. The first-order valence-electron chi connectivity index (χ1n) is 8.90. The van der Waals surface area contributed by atoms with Crippen LogP contribution >= 0.6 is 0 Å². The Morgan fingerprint density at radius 1 is 1.14 bits per heavy atom. The second-order valence-corrected chi connectivity index (χ2v) is 7.85. The Hall–Kier alpha value is -3.24. The summed E-state index contributed by atoms with van der Waals surface area (Å²) in [5.41, 5.74) is 0.638. The predicted molar refractivity (Wildman–Crippen MR) is 107 cm³/mol. The van der Waals surface area contributed by atoms with Crippen molar-refractivity contribution in [2.45, 2.75) is 24.8 Å². The number of nitrogens with zero attached hydrogens (tertiary/aromatic N) is 2. The van der Waals surface area contributed by atoms with Crippen molar-refractivity contribution < 1.29 is 17.6 Å². The average Bonchev–Trinajstić information content (AvgIpc) is 3.24. The Morgan fingerprint density at radius 3 is 2.55 bits per heavy atom. The molecule has 1 aromatic carbocycles.